The number of hydrogen-bond donors (Lipinski definition) is 1. The number of sulfonamides is 1. The van der Waals surface area contributed by atoms with E-state index in [1.54, 1.807) is 0 Å². The molecule has 6 nitrogen and oxygen atoms in total. The van der Waals surface area contributed by atoms with Crippen molar-refractivity contribution in [3.05, 3.63) is 16.5 Å². The van der Waals surface area contributed by atoms with Crippen molar-refractivity contribution in [3.8, 4) is 0 Å². The highest BCUT2D eigenvalue weighted by Gasteiger charge is 2.26. The normalized spacial score (nSPS) is 20.4. The smallest absolute Gasteiger partial charge is 0.295 e. The molecule has 0 spiro atoms. The number of hydrazone groups is 1. The van der Waals surface area contributed by atoms with Crippen LogP contribution < -0.4 is 5.73 Å². The van der Waals surface area contributed by atoms with Gasteiger partial charge in [-0.1, -0.05) is 18.5 Å². The lowest BCUT2D eigenvalue weighted by molar-refractivity contribution is 0.436. The van der Waals surface area contributed by atoms with Crippen LogP contribution in [0.5, 0.6) is 0 Å². The van der Waals surface area contributed by atoms with Crippen molar-refractivity contribution in [2.45, 2.75) is 24.5 Å². The van der Waals surface area contributed by atoms with E-state index in [1.165, 1.54) is 17.1 Å². The first-order valence-corrected chi connectivity index (χ1v) is 8.65. The molecule has 0 amide bonds. The molecule has 0 saturated heterocycles. The van der Waals surface area contributed by atoms with Crippen LogP contribution in [-0.4, -0.2) is 31.6 Å². The Hall–Kier alpha value is -1.12. The summed E-state index contributed by atoms with van der Waals surface area (Å²) >= 11 is 6.67. The third-order valence-corrected chi connectivity index (χ3v) is 6.02. The summed E-state index contributed by atoms with van der Waals surface area (Å²) in [6.45, 7) is 4.50. The minimum atomic E-state index is -3.83. The van der Waals surface area contributed by atoms with Crippen molar-refractivity contribution in [3.63, 3.8) is 0 Å². The van der Waals surface area contributed by atoms with Crippen LogP contribution >= 0.6 is 22.9 Å². The zero-order valence-corrected chi connectivity index (χ0v) is 13.5. The van der Waals surface area contributed by atoms with Crippen LogP contribution in [0.15, 0.2) is 25.8 Å². The Bertz CT molecular complexity index is 666. The van der Waals surface area contributed by atoms with E-state index in [0.29, 0.717) is 10.9 Å². The molecule has 0 aromatic carbocycles. The van der Waals surface area contributed by atoms with Gasteiger partial charge in [0.15, 0.2) is 0 Å². The van der Waals surface area contributed by atoms with E-state index in [9.17, 15) is 8.42 Å². The minimum absolute atomic E-state index is 0.0670. The molecule has 1 aromatic rings. The van der Waals surface area contributed by atoms with Gasteiger partial charge in [0.05, 0.1) is 10.9 Å². The lowest BCUT2D eigenvalue weighted by Gasteiger charge is -2.13. The molecule has 1 unspecified atom stereocenters. The zero-order valence-electron chi connectivity index (χ0n) is 11.1. The monoisotopic (exact) mass is 334 g/mol. The molecule has 110 valence electrons. The molecule has 0 bridgehead atoms. The number of rotatable bonds is 3. The molecule has 1 atom stereocenters. The van der Waals surface area contributed by atoms with Crippen molar-refractivity contribution in [1.29, 1.82) is 0 Å². The maximum atomic E-state index is 12.1. The van der Waals surface area contributed by atoms with Crippen LogP contribution in [0.1, 0.15) is 20.3 Å². The summed E-state index contributed by atoms with van der Waals surface area (Å²) in [4.78, 5) is 0. The Kier molecular flexibility index (Phi) is 4.36. The first-order valence-electron chi connectivity index (χ1n) is 6.02. The molecule has 1 aromatic heterocycles. The minimum Gasteiger partial charge on any atom is -0.367 e. The summed E-state index contributed by atoms with van der Waals surface area (Å²) in [7, 11) is -3.83. The van der Waals surface area contributed by atoms with Crippen LogP contribution in [-0.2, 0) is 10.0 Å². The van der Waals surface area contributed by atoms with E-state index >= 15 is 0 Å². The van der Waals surface area contributed by atoms with Gasteiger partial charge >= 0.3 is 0 Å². The first kappa shape index (κ1) is 15.3. The summed E-state index contributed by atoms with van der Waals surface area (Å²) in [6.07, 6.45) is 0.923. The van der Waals surface area contributed by atoms with Crippen LogP contribution in [0, 0.1) is 5.92 Å². The maximum absolute atomic E-state index is 12.1. The molecule has 1 aliphatic heterocycles. The molecular weight excluding hydrogens is 320 g/mol. The Morgan fingerprint density at radius 1 is 1.65 bits per heavy atom. The van der Waals surface area contributed by atoms with Gasteiger partial charge in [0.25, 0.3) is 10.0 Å². The van der Waals surface area contributed by atoms with E-state index in [-0.39, 0.29) is 16.1 Å². The van der Waals surface area contributed by atoms with Gasteiger partial charge in [-0.3, -0.25) is 0 Å². The third kappa shape index (κ3) is 3.13. The van der Waals surface area contributed by atoms with Gasteiger partial charge in [0.2, 0.25) is 5.96 Å². The molecule has 20 heavy (non-hydrogen) atoms. The number of nitrogens with zero attached hydrogens (tertiary/aromatic N) is 3. The molecule has 0 saturated carbocycles. The van der Waals surface area contributed by atoms with Gasteiger partial charge in [-0.05, 0) is 25.5 Å². The van der Waals surface area contributed by atoms with Crippen molar-refractivity contribution >= 4 is 44.6 Å². The van der Waals surface area contributed by atoms with Crippen molar-refractivity contribution in [2.75, 3.05) is 6.54 Å². The highest BCUT2D eigenvalue weighted by molar-refractivity contribution is 7.92. The number of guanidine groups is 1. The van der Waals surface area contributed by atoms with Crippen LogP contribution in [0.3, 0.4) is 0 Å². The fraction of sp³-hybridized carbons (Fsp3) is 0.455. The summed E-state index contributed by atoms with van der Waals surface area (Å²) in [5.74, 6) is 0.160. The van der Waals surface area contributed by atoms with Gasteiger partial charge in [0.1, 0.15) is 4.21 Å². The average Bonchev–Trinajstić information content (AvgIpc) is 2.95. The predicted octanol–water partition coefficient (Wildman–Crippen LogP) is 2.12. The highest BCUT2D eigenvalue weighted by atomic mass is 35.5. The van der Waals surface area contributed by atoms with E-state index in [4.69, 9.17) is 17.3 Å². The topological polar surface area (TPSA) is 88.1 Å². The predicted molar refractivity (Wildman–Crippen MR) is 81.7 cm³/mol. The molecule has 2 heterocycles. The summed E-state index contributed by atoms with van der Waals surface area (Å²) in [6, 6.07) is 2.92. The second-order valence-electron chi connectivity index (χ2n) is 4.41. The number of hydrogen-bond acceptors (Lipinski definition) is 4. The van der Waals surface area contributed by atoms with E-state index in [1.807, 2.05) is 13.8 Å². The second-order valence-corrected chi connectivity index (χ2v) is 7.96. The van der Waals surface area contributed by atoms with Crippen LogP contribution in [0.2, 0.25) is 4.34 Å². The lowest BCUT2D eigenvalue weighted by Crippen LogP contribution is -2.33. The summed E-state index contributed by atoms with van der Waals surface area (Å²) in [5, 5.41) is 5.66. The first-order chi connectivity index (χ1) is 9.33. The average molecular weight is 335 g/mol. The standard InChI is InChI=1S/C11H15ClN4O2S2/c1-3-8-6-16(14-7(8)2)11(13)15-20(17,18)10-5-4-9(12)19-10/h4-5,8H,3,6H2,1-2H3,(H2,13,15). The fourth-order valence-electron chi connectivity index (χ4n) is 1.87. The van der Waals surface area contributed by atoms with Crippen LogP contribution in [0.25, 0.3) is 0 Å². The van der Waals surface area contributed by atoms with Crippen LogP contribution in [0.4, 0.5) is 0 Å². The van der Waals surface area contributed by atoms with Gasteiger partial charge < -0.3 is 5.73 Å². The van der Waals surface area contributed by atoms with Gasteiger partial charge in [0, 0.05) is 11.6 Å². The third-order valence-electron chi connectivity index (χ3n) is 3.04. The molecule has 0 fully saturated rings. The lowest BCUT2D eigenvalue weighted by atomic mass is 10.0. The molecule has 1 aliphatic rings. The molecule has 2 rings (SSSR count). The maximum Gasteiger partial charge on any atom is 0.295 e. The Labute approximate surface area is 127 Å². The second kappa shape index (κ2) is 5.71. The Balaban J connectivity index is 2.23. The van der Waals surface area contributed by atoms with Crippen molar-refractivity contribution < 1.29 is 8.42 Å². The van der Waals surface area contributed by atoms with Gasteiger partial charge in [-0.15, -0.1) is 15.7 Å². The highest BCUT2D eigenvalue weighted by Crippen LogP contribution is 2.27. The molecule has 2 N–H and O–H groups in total. The summed E-state index contributed by atoms with van der Waals surface area (Å²) < 4.78 is 28.2. The number of halogens is 1. The Morgan fingerprint density at radius 2 is 2.35 bits per heavy atom. The molecule has 9 heteroatoms. The van der Waals surface area contributed by atoms with Gasteiger partial charge in [-0.25, -0.2) is 5.01 Å². The van der Waals surface area contributed by atoms with E-state index in [0.717, 1.165) is 23.5 Å². The fourth-order valence-corrected chi connectivity index (χ4v) is 4.26. The van der Waals surface area contributed by atoms with Crippen molar-refractivity contribution in [2.24, 2.45) is 21.2 Å². The molecular formula is C11H15ClN4O2S2. The molecule has 0 aliphatic carbocycles. The summed E-state index contributed by atoms with van der Waals surface area (Å²) in [5.41, 5.74) is 6.68. The quantitative estimate of drug-likeness (QED) is 0.677. The van der Waals surface area contributed by atoms with Crippen molar-refractivity contribution in [1.82, 2.24) is 5.01 Å². The number of thiophene rings is 1. The van der Waals surface area contributed by atoms with E-state index in [2.05, 4.69) is 9.50 Å². The molecule has 0 radical (unpaired) electrons. The number of nitrogens with two attached hydrogens (primary N) is 1. The van der Waals surface area contributed by atoms with E-state index < -0.39 is 10.0 Å². The Morgan fingerprint density at radius 3 is 2.85 bits per heavy atom. The van der Waals surface area contributed by atoms with Gasteiger partial charge in [-0.2, -0.15) is 13.5 Å². The largest absolute Gasteiger partial charge is 0.367 e. The SMILES string of the molecule is CCC1CN(/C(N)=N/S(=O)(=O)c2ccc(Cl)s2)N=C1C. The zero-order chi connectivity index (χ0) is 14.9.